The Bertz CT molecular complexity index is 849. The number of hydrogen-bond donors (Lipinski definition) is 3. The number of pyridine rings is 1. The molecular formula is C16H25Cl2N5O3. The number of nitrogens with one attached hydrogen (secondary N) is 2. The third kappa shape index (κ3) is 4.03. The first-order valence-electron chi connectivity index (χ1n) is 8.10. The van der Waals surface area contributed by atoms with E-state index in [0.717, 1.165) is 23.2 Å². The first-order valence-corrected chi connectivity index (χ1v) is 8.10. The summed E-state index contributed by atoms with van der Waals surface area (Å²) < 4.78 is 7.21. The Hall–Kier alpha value is -1.61. The molecule has 1 fully saturated rings. The van der Waals surface area contributed by atoms with Crippen molar-refractivity contribution in [1.29, 1.82) is 0 Å². The fourth-order valence-electron chi connectivity index (χ4n) is 3.27. The van der Waals surface area contributed by atoms with Crippen molar-refractivity contribution in [2.24, 2.45) is 12.8 Å². The predicted octanol–water partition coefficient (Wildman–Crippen LogP) is 0.845. The molecule has 4 N–H and O–H groups in total. The smallest absolute Gasteiger partial charge is 0.273 e. The maximum absolute atomic E-state index is 12.3. The lowest BCUT2D eigenvalue weighted by molar-refractivity contribution is -0.132. The molecule has 1 saturated heterocycles. The number of rotatable bonds is 4. The average molecular weight is 406 g/mol. The average Bonchev–Trinajstić information content (AvgIpc) is 3.12. The summed E-state index contributed by atoms with van der Waals surface area (Å²) in [7, 11) is 1.75. The SMILES string of the molecule is Cc1nc2c(c(C)c1CNC(=O)[C@@H]1CC[C@H](CN)O1)c(=O)[nH]n2C.Cl.Cl. The molecule has 3 rings (SSSR count). The number of amides is 1. The summed E-state index contributed by atoms with van der Waals surface area (Å²) in [6.45, 7) is 4.51. The van der Waals surface area contributed by atoms with Crippen LogP contribution in [0.3, 0.4) is 0 Å². The molecule has 2 aromatic rings. The second-order valence-electron chi connectivity index (χ2n) is 6.28. The van der Waals surface area contributed by atoms with Crippen molar-refractivity contribution < 1.29 is 9.53 Å². The summed E-state index contributed by atoms with van der Waals surface area (Å²) in [5.74, 6) is -0.146. The van der Waals surface area contributed by atoms with Crippen molar-refractivity contribution in [2.75, 3.05) is 6.54 Å². The maximum atomic E-state index is 12.3. The Morgan fingerprint density at radius 2 is 2.08 bits per heavy atom. The van der Waals surface area contributed by atoms with Crippen LogP contribution in [0.2, 0.25) is 0 Å². The Morgan fingerprint density at radius 3 is 2.69 bits per heavy atom. The quantitative estimate of drug-likeness (QED) is 0.696. The van der Waals surface area contributed by atoms with Gasteiger partial charge in [0.15, 0.2) is 5.65 Å². The van der Waals surface area contributed by atoms with E-state index < -0.39 is 6.10 Å². The van der Waals surface area contributed by atoms with Gasteiger partial charge in [0.1, 0.15) is 6.10 Å². The topological polar surface area (TPSA) is 115 Å². The zero-order valence-electron chi connectivity index (χ0n) is 15.0. The number of nitrogens with zero attached hydrogens (tertiary/aromatic N) is 2. The van der Waals surface area contributed by atoms with E-state index in [1.54, 1.807) is 11.7 Å². The number of fused-ring (bicyclic) bond motifs is 1. The minimum absolute atomic E-state index is 0. The number of aromatic nitrogens is 3. The van der Waals surface area contributed by atoms with Crippen LogP contribution in [-0.2, 0) is 23.1 Å². The van der Waals surface area contributed by atoms with Crippen molar-refractivity contribution in [1.82, 2.24) is 20.1 Å². The van der Waals surface area contributed by atoms with E-state index in [9.17, 15) is 9.59 Å². The van der Waals surface area contributed by atoms with Crippen LogP contribution in [0.4, 0.5) is 0 Å². The third-order valence-corrected chi connectivity index (χ3v) is 4.68. The molecule has 0 aromatic carbocycles. The van der Waals surface area contributed by atoms with Crippen LogP contribution in [0.1, 0.15) is 29.7 Å². The minimum atomic E-state index is -0.448. The van der Waals surface area contributed by atoms with Gasteiger partial charge >= 0.3 is 0 Å². The fraction of sp³-hybridized carbons (Fsp3) is 0.562. The van der Waals surface area contributed by atoms with E-state index in [-0.39, 0.29) is 42.4 Å². The number of carbonyl (C=O) groups excluding carboxylic acids is 1. The molecule has 2 aromatic heterocycles. The fourth-order valence-corrected chi connectivity index (χ4v) is 3.27. The number of hydrogen-bond acceptors (Lipinski definition) is 5. The van der Waals surface area contributed by atoms with Gasteiger partial charge in [-0.1, -0.05) is 0 Å². The van der Waals surface area contributed by atoms with Gasteiger partial charge in [0.05, 0.1) is 11.5 Å². The highest BCUT2D eigenvalue weighted by molar-refractivity contribution is 5.85. The van der Waals surface area contributed by atoms with Crippen LogP contribution in [0, 0.1) is 13.8 Å². The molecule has 1 amide bonds. The molecule has 2 atom stereocenters. The predicted molar refractivity (Wildman–Crippen MR) is 104 cm³/mol. The largest absolute Gasteiger partial charge is 0.364 e. The zero-order chi connectivity index (χ0) is 17.4. The first-order chi connectivity index (χ1) is 11.4. The van der Waals surface area contributed by atoms with Crippen LogP contribution in [0.25, 0.3) is 11.0 Å². The van der Waals surface area contributed by atoms with E-state index in [1.807, 2.05) is 13.8 Å². The molecule has 0 unspecified atom stereocenters. The lowest BCUT2D eigenvalue weighted by Crippen LogP contribution is -2.35. The Balaban J connectivity index is 0.00000169. The molecule has 26 heavy (non-hydrogen) atoms. The summed E-state index contributed by atoms with van der Waals surface area (Å²) >= 11 is 0. The monoisotopic (exact) mass is 405 g/mol. The van der Waals surface area contributed by atoms with Gasteiger partial charge in [-0.2, -0.15) is 0 Å². The van der Waals surface area contributed by atoms with Crippen LogP contribution in [0.5, 0.6) is 0 Å². The first kappa shape index (κ1) is 22.4. The molecule has 1 aliphatic rings. The van der Waals surface area contributed by atoms with Crippen molar-refractivity contribution in [2.45, 2.75) is 45.4 Å². The second-order valence-corrected chi connectivity index (χ2v) is 6.28. The number of H-pyrrole nitrogens is 1. The molecule has 0 saturated carbocycles. The zero-order valence-corrected chi connectivity index (χ0v) is 16.6. The van der Waals surface area contributed by atoms with E-state index in [0.29, 0.717) is 30.5 Å². The van der Waals surface area contributed by atoms with Gasteiger partial charge in [-0.15, -0.1) is 24.8 Å². The van der Waals surface area contributed by atoms with Crippen molar-refractivity contribution in [3.05, 3.63) is 27.2 Å². The van der Waals surface area contributed by atoms with Gasteiger partial charge in [0, 0.05) is 25.8 Å². The third-order valence-electron chi connectivity index (χ3n) is 4.68. The number of carbonyl (C=O) groups is 1. The molecule has 0 bridgehead atoms. The van der Waals surface area contributed by atoms with Gasteiger partial charge in [0.2, 0.25) is 5.91 Å². The van der Waals surface area contributed by atoms with Crippen molar-refractivity contribution >= 4 is 41.8 Å². The summed E-state index contributed by atoms with van der Waals surface area (Å²) in [6.07, 6.45) is 1.00. The number of halogens is 2. The van der Waals surface area contributed by atoms with Gasteiger partial charge in [-0.05, 0) is 37.8 Å². The lowest BCUT2D eigenvalue weighted by atomic mass is 10.0. The molecule has 0 aliphatic carbocycles. The molecule has 146 valence electrons. The van der Waals surface area contributed by atoms with Gasteiger partial charge in [0.25, 0.3) is 5.56 Å². The maximum Gasteiger partial charge on any atom is 0.273 e. The minimum Gasteiger partial charge on any atom is -0.364 e. The molecule has 10 heteroatoms. The Morgan fingerprint density at radius 1 is 1.38 bits per heavy atom. The number of aryl methyl sites for hydroxylation is 3. The van der Waals surface area contributed by atoms with Crippen LogP contribution >= 0.6 is 24.8 Å². The van der Waals surface area contributed by atoms with E-state index >= 15 is 0 Å². The highest BCUT2D eigenvalue weighted by atomic mass is 35.5. The van der Waals surface area contributed by atoms with Gasteiger partial charge in [-0.25, -0.2) is 4.98 Å². The van der Waals surface area contributed by atoms with E-state index in [4.69, 9.17) is 10.5 Å². The molecule has 0 spiro atoms. The standard InChI is InChI=1S/C16H23N5O3.2ClH/c1-8-11(7-18-15(22)12-5-4-10(6-17)24-12)9(2)19-14-13(8)16(23)20-21(14)3;;/h10,12H,4-7,17H2,1-3H3,(H,18,22)(H,20,23);2*1H/t10-,12+;;/m1../s1. The van der Waals surface area contributed by atoms with Gasteiger partial charge in [-0.3, -0.25) is 19.4 Å². The van der Waals surface area contributed by atoms with Gasteiger partial charge < -0.3 is 15.8 Å². The summed E-state index contributed by atoms with van der Waals surface area (Å²) in [6, 6.07) is 0. The summed E-state index contributed by atoms with van der Waals surface area (Å²) in [4.78, 5) is 28.8. The molecule has 1 aliphatic heterocycles. The van der Waals surface area contributed by atoms with E-state index in [2.05, 4.69) is 15.4 Å². The number of ether oxygens (including phenoxy) is 1. The van der Waals surface area contributed by atoms with E-state index in [1.165, 1.54) is 0 Å². The molecule has 0 radical (unpaired) electrons. The summed E-state index contributed by atoms with van der Waals surface area (Å²) in [5.41, 5.74) is 8.51. The summed E-state index contributed by atoms with van der Waals surface area (Å²) in [5, 5.41) is 6.17. The highest BCUT2D eigenvalue weighted by Gasteiger charge is 2.29. The second kappa shape index (κ2) is 8.85. The van der Waals surface area contributed by atoms with Crippen molar-refractivity contribution in [3.8, 4) is 0 Å². The molecule has 3 heterocycles. The number of nitrogens with two attached hydrogens (primary N) is 1. The molecule has 8 nitrogen and oxygen atoms in total. The lowest BCUT2D eigenvalue weighted by Gasteiger charge is -2.15. The normalized spacial score (nSPS) is 19.1. The Kier molecular flexibility index (Phi) is 7.64. The molecular weight excluding hydrogens is 381 g/mol. The van der Waals surface area contributed by atoms with Crippen LogP contribution < -0.4 is 16.6 Å². The Labute approximate surface area is 163 Å². The van der Waals surface area contributed by atoms with Crippen molar-refractivity contribution in [3.63, 3.8) is 0 Å². The highest BCUT2D eigenvalue weighted by Crippen LogP contribution is 2.21. The number of aromatic amines is 1. The van der Waals surface area contributed by atoms with Crippen LogP contribution in [-0.4, -0.2) is 39.4 Å². The van der Waals surface area contributed by atoms with Crippen LogP contribution in [0.15, 0.2) is 4.79 Å².